The number of aliphatic hydroxyl groups is 1. The zero-order valence-electron chi connectivity index (χ0n) is 8.42. The highest BCUT2D eigenvalue weighted by molar-refractivity contribution is 5.96. The largest absolute Gasteiger partial charge is 0.502 e. The molecule has 0 fully saturated rings. The van der Waals surface area contributed by atoms with Crippen molar-refractivity contribution in [2.24, 2.45) is 0 Å². The van der Waals surface area contributed by atoms with E-state index in [9.17, 15) is 9.90 Å². The molecule has 2 aromatic carbocycles. The van der Waals surface area contributed by atoms with Crippen molar-refractivity contribution in [1.82, 2.24) is 0 Å². The maximum atomic E-state index is 10.5. The van der Waals surface area contributed by atoms with Gasteiger partial charge in [0, 0.05) is 0 Å². The number of aliphatic carboxylic acids is 1. The van der Waals surface area contributed by atoms with E-state index in [1.807, 2.05) is 36.4 Å². The third kappa shape index (κ3) is 1.88. The molecule has 0 saturated carbocycles. The fourth-order valence-electron chi connectivity index (χ4n) is 1.59. The van der Waals surface area contributed by atoms with Gasteiger partial charge in [-0.05, 0) is 22.4 Å². The third-order valence-electron chi connectivity index (χ3n) is 2.33. The molecule has 0 amide bonds. The number of aliphatic hydroxyl groups excluding tert-OH is 1. The van der Waals surface area contributed by atoms with Gasteiger partial charge in [0.1, 0.15) is 0 Å². The lowest BCUT2D eigenvalue weighted by Crippen LogP contribution is -1.98. The van der Waals surface area contributed by atoms with Crippen LogP contribution in [0.2, 0.25) is 0 Å². The maximum Gasteiger partial charge on any atom is 0.370 e. The summed E-state index contributed by atoms with van der Waals surface area (Å²) in [5, 5.41) is 19.7. The van der Waals surface area contributed by atoms with Crippen LogP contribution in [0.4, 0.5) is 0 Å². The Hall–Kier alpha value is -2.29. The monoisotopic (exact) mass is 214 g/mol. The molecule has 0 aromatic heterocycles. The minimum atomic E-state index is -1.33. The summed E-state index contributed by atoms with van der Waals surface area (Å²) in [6.45, 7) is 0. The molecule has 2 rings (SSSR count). The van der Waals surface area contributed by atoms with Gasteiger partial charge in [-0.3, -0.25) is 0 Å². The molecule has 0 spiro atoms. The van der Waals surface area contributed by atoms with E-state index in [-0.39, 0.29) is 0 Å². The van der Waals surface area contributed by atoms with Crippen LogP contribution >= 0.6 is 0 Å². The summed E-state index contributed by atoms with van der Waals surface area (Å²) in [6, 6.07) is 13.1. The number of carboxylic acid groups (broad SMARTS) is 1. The molecule has 80 valence electrons. The first-order chi connectivity index (χ1) is 7.68. The van der Waals surface area contributed by atoms with Gasteiger partial charge in [-0.15, -0.1) is 0 Å². The van der Waals surface area contributed by atoms with Crippen molar-refractivity contribution >= 4 is 22.8 Å². The number of carboxylic acids is 1. The van der Waals surface area contributed by atoms with Crippen molar-refractivity contribution in [3.63, 3.8) is 0 Å². The molecule has 16 heavy (non-hydrogen) atoms. The molecule has 3 heteroatoms. The average molecular weight is 214 g/mol. The minimum Gasteiger partial charge on any atom is -0.502 e. The SMILES string of the molecule is O=C(O)C(O)=Cc1cccc2ccccc12. The van der Waals surface area contributed by atoms with Crippen LogP contribution in [0.15, 0.2) is 48.2 Å². The lowest BCUT2D eigenvalue weighted by Gasteiger charge is -2.01. The zero-order chi connectivity index (χ0) is 11.5. The summed E-state index contributed by atoms with van der Waals surface area (Å²) in [7, 11) is 0. The highest BCUT2D eigenvalue weighted by Gasteiger charge is 2.05. The van der Waals surface area contributed by atoms with Gasteiger partial charge in [0.2, 0.25) is 5.76 Å². The van der Waals surface area contributed by atoms with E-state index >= 15 is 0 Å². The topological polar surface area (TPSA) is 57.5 Å². The summed E-state index contributed by atoms with van der Waals surface area (Å²) >= 11 is 0. The highest BCUT2D eigenvalue weighted by Crippen LogP contribution is 2.20. The quantitative estimate of drug-likeness (QED) is 0.597. The Labute approximate surface area is 92.3 Å². The predicted octanol–water partition coefficient (Wildman–Crippen LogP) is 2.82. The smallest absolute Gasteiger partial charge is 0.370 e. The Bertz CT molecular complexity index is 565. The molecule has 0 aliphatic rings. The second-order valence-electron chi connectivity index (χ2n) is 3.40. The third-order valence-corrected chi connectivity index (χ3v) is 2.33. The van der Waals surface area contributed by atoms with Crippen molar-refractivity contribution in [2.75, 3.05) is 0 Å². The van der Waals surface area contributed by atoms with Crippen LogP contribution in [0, 0.1) is 0 Å². The molecule has 0 unspecified atom stereocenters. The molecule has 0 radical (unpaired) electrons. The Morgan fingerprint density at radius 1 is 1.00 bits per heavy atom. The molecule has 0 saturated heterocycles. The van der Waals surface area contributed by atoms with Gasteiger partial charge in [0.05, 0.1) is 0 Å². The molecule has 3 nitrogen and oxygen atoms in total. The Kier molecular flexibility index (Phi) is 2.60. The van der Waals surface area contributed by atoms with E-state index in [0.717, 1.165) is 10.8 Å². The molecule has 0 aliphatic carbocycles. The van der Waals surface area contributed by atoms with Gasteiger partial charge in [0.15, 0.2) is 0 Å². The van der Waals surface area contributed by atoms with E-state index in [4.69, 9.17) is 5.11 Å². The van der Waals surface area contributed by atoms with Crippen molar-refractivity contribution in [3.8, 4) is 0 Å². The Morgan fingerprint density at radius 2 is 1.69 bits per heavy atom. The summed E-state index contributed by atoms with van der Waals surface area (Å²) in [5.41, 5.74) is 0.693. The summed E-state index contributed by atoms with van der Waals surface area (Å²) < 4.78 is 0. The standard InChI is InChI=1S/C13H10O3/c14-12(13(15)16)8-10-6-3-5-9-4-1-2-7-11(9)10/h1-8,14H,(H,15,16). The second-order valence-corrected chi connectivity index (χ2v) is 3.40. The van der Waals surface area contributed by atoms with Crippen LogP contribution < -0.4 is 0 Å². The van der Waals surface area contributed by atoms with E-state index < -0.39 is 11.7 Å². The van der Waals surface area contributed by atoms with E-state index in [1.54, 1.807) is 6.07 Å². The summed E-state index contributed by atoms with van der Waals surface area (Å²) in [4.78, 5) is 10.5. The van der Waals surface area contributed by atoms with Gasteiger partial charge in [-0.25, -0.2) is 4.79 Å². The van der Waals surface area contributed by atoms with Crippen LogP contribution in [-0.4, -0.2) is 16.2 Å². The average Bonchev–Trinajstić information content (AvgIpc) is 2.29. The first kappa shape index (κ1) is 10.2. The van der Waals surface area contributed by atoms with Gasteiger partial charge in [0.25, 0.3) is 0 Å². The highest BCUT2D eigenvalue weighted by atomic mass is 16.4. The number of hydrogen-bond donors (Lipinski definition) is 2. The number of hydrogen-bond acceptors (Lipinski definition) is 2. The maximum absolute atomic E-state index is 10.5. The summed E-state index contributed by atoms with van der Waals surface area (Å²) in [5.74, 6) is -1.98. The van der Waals surface area contributed by atoms with E-state index in [0.29, 0.717) is 5.56 Å². The summed E-state index contributed by atoms with van der Waals surface area (Å²) in [6.07, 6.45) is 1.25. The van der Waals surface area contributed by atoms with Crippen molar-refractivity contribution in [1.29, 1.82) is 0 Å². The van der Waals surface area contributed by atoms with Crippen LogP contribution in [-0.2, 0) is 4.79 Å². The van der Waals surface area contributed by atoms with Crippen molar-refractivity contribution < 1.29 is 15.0 Å². The molecule has 0 bridgehead atoms. The van der Waals surface area contributed by atoms with Crippen LogP contribution in [0.1, 0.15) is 5.56 Å². The number of benzene rings is 2. The lowest BCUT2D eigenvalue weighted by molar-refractivity contribution is -0.135. The molecule has 0 aliphatic heterocycles. The van der Waals surface area contributed by atoms with Gasteiger partial charge in [-0.1, -0.05) is 42.5 Å². The fraction of sp³-hybridized carbons (Fsp3) is 0. The van der Waals surface area contributed by atoms with E-state index in [1.165, 1.54) is 6.08 Å². The van der Waals surface area contributed by atoms with Crippen molar-refractivity contribution in [2.45, 2.75) is 0 Å². The van der Waals surface area contributed by atoms with Crippen LogP contribution in [0.25, 0.3) is 16.8 Å². The molecule has 2 aromatic rings. The van der Waals surface area contributed by atoms with Gasteiger partial charge >= 0.3 is 5.97 Å². The molecule has 0 atom stereocenters. The second kappa shape index (κ2) is 4.06. The van der Waals surface area contributed by atoms with Crippen molar-refractivity contribution in [3.05, 3.63) is 53.8 Å². The van der Waals surface area contributed by atoms with Gasteiger partial charge in [-0.2, -0.15) is 0 Å². The normalized spacial score (nSPS) is 11.6. The molecule has 0 heterocycles. The Morgan fingerprint density at radius 3 is 2.44 bits per heavy atom. The number of rotatable bonds is 2. The Balaban J connectivity index is 2.61. The zero-order valence-corrected chi connectivity index (χ0v) is 8.42. The first-order valence-electron chi connectivity index (χ1n) is 4.80. The first-order valence-corrected chi connectivity index (χ1v) is 4.80. The van der Waals surface area contributed by atoms with Crippen LogP contribution in [0.3, 0.4) is 0 Å². The number of fused-ring (bicyclic) bond motifs is 1. The van der Waals surface area contributed by atoms with Gasteiger partial charge < -0.3 is 10.2 Å². The minimum absolute atomic E-state index is 0.656. The fourth-order valence-corrected chi connectivity index (χ4v) is 1.59. The molecule has 2 N–H and O–H groups in total. The van der Waals surface area contributed by atoms with Crippen LogP contribution in [0.5, 0.6) is 0 Å². The molecular formula is C13H10O3. The van der Waals surface area contributed by atoms with E-state index in [2.05, 4.69) is 0 Å². The predicted molar refractivity (Wildman–Crippen MR) is 62.2 cm³/mol. The molecular weight excluding hydrogens is 204 g/mol. The number of carbonyl (C=O) groups is 1. The lowest BCUT2D eigenvalue weighted by atomic mass is 10.0.